The summed E-state index contributed by atoms with van der Waals surface area (Å²) in [6.07, 6.45) is 8.43. The van der Waals surface area contributed by atoms with Crippen LogP contribution in [0.3, 0.4) is 0 Å². The Morgan fingerprint density at radius 3 is 2.94 bits per heavy atom. The summed E-state index contributed by atoms with van der Waals surface area (Å²) in [5.41, 5.74) is 1.10. The fourth-order valence-electron chi connectivity index (χ4n) is 2.41. The number of hydrogen-bond donors (Lipinski definition) is 1. The number of aromatic nitrogens is 1. The Bertz CT molecular complexity index is 340. The standard InChI is InChI=1S/C13H19ClN2/c1-10-5-3-2-4-6-12(10)16-11-7-8-15-13(14)9-11/h7-10,12H,2-6H2,1H3,(H,15,16). The molecule has 0 radical (unpaired) electrons. The van der Waals surface area contributed by atoms with E-state index in [1.54, 1.807) is 6.20 Å². The van der Waals surface area contributed by atoms with E-state index in [1.807, 2.05) is 12.1 Å². The lowest BCUT2D eigenvalue weighted by molar-refractivity contribution is 0.456. The van der Waals surface area contributed by atoms with Gasteiger partial charge in [-0.3, -0.25) is 0 Å². The van der Waals surface area contributed by atoms with Crippen LogP contribution in [0.2, 0.25) is 5.15 Å². The first kappa shape index (κ1) is 11.7. The van der Waals surface area contributed by atoms with Crippen molar-refractivity contribution >= 4 is 17.3 Å². The van der Waals surface area contributed by atoms with Gasteiger partial charge in [0.05, 0.1) is 0 Å². The molecular weight excluding hydrogens is 220 g/mol. The Hall–Kier alpha value is -0.760. The Morgan fingerprint density at radius 2 is 2.12 bits per heavy atom. The van der Waals surface area contributed by atoms with Crippen molar-refractivity contribution in [2.45, 2.75) is 45.1 Å². The largest absolute Gasteiger partial charge is 0.382 e. The average molecular weight is 239 g/mol. The molecule has 2 rings (SSSR count). The Kier molecular flexibility index (Phi) is 4.05. The molecule has 0 saturated heterocycles. The van der Waals surface area contributed by atoms with Gasteiger partial charge in [-0.05, 0) is 30.9 Å². The molecule has 1 aromatic heterocycles. The van der Waals surface area contributed by atoms with Gasteiger partial charge in [-0.1, -0.05) is 37.8 Å². The summed E-state index contributed by atoms with van der Waals surface area (Å²) in [6.45, 7) is 2.34. The second kappa shape index (κ2) is 5.53. The van der Waals surface area contributed by atoms with Crippen molar-refractivity contribution < 1.29 is 0 Å². The Morgan fingerprint density at radius 1 is 1.31 bits per heavy atom. The molecule has 88 valence electrons. The molecule has 0 spiro atoms. The van der Waals surface area contributed by atoms with Gasteiger partial charge in [0.2, 0.25) is 0 Å². The molecule has 1 aliphatic rings. The minimum absolute atomic E-state index is 0.561. The highest BCUT2D eigenvalue weighted by Crippen LogP contribution is 2.26. The third kappa shape index (κ3) is 3.11. The van der Waals surface area contributed by atoms with E-state index in [-0.39, 0.29) is 0 Å². The smallest absolute Gasteiger partial charge is 0.131 e. The van der Waals surface area contributed by atoms with E-state index < -0.39 is 0 Å². The molecule has 1 saturated carbocycles. The van der Waals surface area contributed by atoms with Crippen LogP contribution in [0.5, 0.6) is 0 Å². The van der Waals surface area contributed by atoms with Crippen LogP contribution in [0.25, 0.3) is 0 Å². The summed E-state index contributed by atoms with van der Waals surface area (Å²) in [5, 5.41) is 4.15. The molecule has 1 fully saturated rings. The zero-order valence-corrected chi connectivity index (χ0v) is 10.5. The second-order valence-corrected chi connectivity index (χ2v) is 5.12. The fraction of sp³-hybridized carbons (Fsp3) is 0.615. The summed E-state index contributed by atoms with van der Waals surface area (Å²) < 4.78 is 0. The van der Waals surface area contributed by atoms with Crippen molar-refractivity contribution in [3.8, 4) is 0 Å². The lowest BCUT2D eigenvalue weighted by Crippen LogP contribution is -2.26. The average Bonchev–Trinajstić information content (AvgIpc) is 2.45. The van der Waals surface area contributed by atoms with Crippen molar-refractivity contribution in [1.29, 1.82) is 0 Å². The highest BCUT2D eigenvalue weighted by molar-refractivity contribution is 6.29. The highest BCUT2D eigenvalue weighted by atomic mass is 35.5. The van der Waals surface area contributed by atoms with Crippen molar-refractivity contribution in [1.82, 2.24) is 4.98 Å². The maximum atomic E-state index is 5.88. The number of pyridine rings is 1. The van der Waals surface area contributed by atoms with Gasteiger partial charge in [0.1, 0.15) is 5.15 Å². The van der Waals surface area contributed by atoms with Crippen LogP contribution in [0.1, 0.15) is 39.0 Å². The number of halogens is 1. The molecule has 1 aromatic rings. The first-order chi connectivity index (χ1) is 7.75. The summed E-state index contributed by atoms with van der Waals surface area (Å²) >= 11 is 5.88. The van der Waals surface area contributed by atoms with Gasteiger partial charge < -0.3 is 5.32 Å². The van der Waals surface area contributed by atoms with Crippen molar-refractivity contribution in [2.75, 3.05) is 5.32 Å². The van der Waals surface area contributed by atoms with Crippen LogP contribution in [-0.2, 0) is 0 Å². The van der Waals surface area contributed by atoms with Crippen molar-refractivity contribution in [2.24, 2.45) is 5.92 Å². The van der Waals surface area contributed by atoms with Crippen LogP contribution in [0.15, 0.2) is 18.3 Å². The molecular formula is C13H19ClN2. The van der Waals surface area contributed by atoms with E-state index in [1.165, 1.54) is 32.1 Å². The minimum Gasteiger partial charge on any atom is -0.382 e. The topological polar surface area (TPSA) is 24.9 Å². The summed E-state index contributed by atoms with van der Waals surface area (Å²) in [7, 11) is 0. The maximum absolute atomic E-state index is 5.88. The highest BCUT2D eigenvalue weighted by Gasteiger charge is 2.19. The third-order valence-corrected chi connectivity index (χ3v) is 3.65. The number of nitrogens with zero attached hydrogens (tertiary/aromatic N) is 1. The van der Waals surface area contributed by atoms with E-state index >= 15 is 0 Å². The molecule has 2 atom stereocenters. The van der Waals surface area contributed by atoms with Gasteiger partial charge in [-0.15, -0.1) is 0 Å². The predicted octanol–water partition coefficient (Wildman–Crippen LogP) is 4.12. The summed E-state index contributed by atoms with van der Waals surface area (Å²) in [4.78, 5) is 4.00. The van der Waals surface area contributed by atoms with E-state index in [0.29, 0.717) is 11.2 Å². The van der Waals surface area contributed by atoms with Crippen LogP contribution >= 0.6 is 11.6 Å². The first-order valence-electron chi connectivity index (χ1n) is 6.14. The number of hydrogen-bond acceptors (Lipinski definition) is 2. The normalized spacial score (nSPS) is 26.1. The van der Waals surface area contributed by atoms with E-state index in [9.17, 15) is 0 Å². The Balaban J connectivity index is 2.02. The SMILES string of the molecule is CC1CCCCCC1Nc1ccnc(Cl)c1. The monoisotopic (exact) mass is 238 g/mol. The molecule has 0 aliphatic heterocycles. The number of nitrogens with one attached hydrogen (secondary N) is 1. The van der Waals surface area contributed by atoms with Gasteiger partial charge in [-0.2, -0.15) is 0 Å². The van der Waals surface area contributed by atoms with E-state index in [0.717, 1.165) is 11.6 Å². The molecule has 16 heavy (non-hydrogen) atoms. The zero-order valence-electron chi connectivity index (χ0n) is 9.75. The fourth-order valence-corrected chi connectivity index (χ4v) is 2.59. The molecule has 1 heterocycles. The zero-order chi connectivity index (χ0) is 11.4. The molecule has 0 aromatic carbocycles. The molecule has 2 unspecified atom stereocenters. The molecule has 1 N–H and O–H groups in total. The Labute approximate surface area is 102 Å². The number of anilines is 1. The maximum Gasteiger partial charge on any atom is 0.131 e. The number of rotatable bonds is 2. The lowest BCUT2D eigenvalue weighted by Gasteiger charge is -2.23. The molecule has 0 bridgehead atoms. The van der Waals surface area contributed by atoms with Crippen molar-refractivity contribution in [3.63, 3.8) is 0 Å². The van der Waals surface area contributed by atoms with Crippen LogP contribution in [0, 0.1) is 5.92 Å². The lowest BCUT2D eigenvalue weighted by atomic mass is 9.97. The quantitative estimate of drug-likeness (QED) is 0.620. The van der Waals surface area contributed by atoms with Gasteiger partial charge in [0.25, 0.3) is 0 Å². The van der Waals surface area contributed by atoms with Crippen LogP contribution in [-0.4, -0.2) is 11.0 Å². The molecule has 2 nitrogen and oxygen atoms in total. The second-order valence-electron chi connectivity index (χ2n) is 4.73. The van der Waals surface area contributed by atoms with Gasteiger partial charge in [0, 0.05) is 17.9 Å². The minimum atomic E-state index is 0.561. The summed E-state index contributed by atoms with van der Waals surface area (Å²) in [5.74, 6) is 0.745. The van der Waals surface area contributed by atoms with Gasteiger partial charge in [0.15, 0.2) is 0 Å². The van der Waals surface area contributed by atoms with Crippen molar-refractivity contribution in [3.05, 3.63) is 23.5 Å². The predicted molar refractivity (Wildman–Crippen MR) is 68.9 cm³/mol. The van der Waals surface area contributed by atoms with E-state index in [2.05, 4.69) is 17.2 Å². The summed E-state index contributed by atoms with van der Waals surface area (Å²) in [6, 6.07) is 4.48. The van der Waals surface area contributed by atoms with Gasteiger partial charge >= 0.3 is 0 Å². The van der Waals surface area contributed by atoms with Crippen LogP contribution < -0.4 is 5.32 Å². The van der Waals surface area contributed by atoms with Gasteiger partial charge in [-0.25, -0.2) is 4.98 Å². The first-order valence-corrected chi connectivity index (χ1v) is 6.51. The molecule has 0 amide bonds. The molecule has 3 heteroatoms. The third-order valence-electron chi connectivity index (χ3n) is 3.44. The molecule has 1 aliphatic carbocycles. The van der Waals surface area contributed by atoms with Crippen LogP contribution in [0.4, 0.5) is 5.69 Å². The van der Waals surface area contributed by atoms with E-state index in [4.69, 9.17) is 11.6 Å².